The van der Waals surface area contributed by atoms with Crippen molar-refractivity contribution in [2.24, 2.45) is 0 Å². The largest absolute Gasteiger partial charge is 0.379 e. The van der Waals surface area contributed by atoms with Crippen LogP contribution < -0.4 is 4.90 Å². The quantitative estimate of drug-likeness (QED) is 0.378. The second kappa shape index (κ2) is 12.0. The number of thiazole rings is 1. The number of anilines is 1. The second-order valence-electron chi connectivity index (χ2n) is 9.28. The average molecular weight is 545 g/mol. The van der Waals surface area contributed by atoms with Crippen LogP contribution in [0.2, 0.25) is 0 Å². The monoisotopic (exact) mass is 544 g/mol. The van der Waals surface area contributed by atoms with Gasteiger partial charge in [0.15, 0.2) is 5.13 Å². The van der Waals surface area contributed by atoms with Crippen LogP contribution in [0.5, 0.6) is 0 Å². The van der Waals surface area contributed by atoms with Crippen LogP contribution in [-0.2, 0) is 14.8 Å². The van der Waals surface area contributed by atoms with E-state index in [9.17, 15) is 13.2 Å². The summed E-state index contributed by atoms with van der Waals surface area (Å²) in [5.74, 6) is -0.179. The van der Waals surface area contributed by atoms with Crippen molar-refractivity contribution in [1.82, 2.24) is 14.2 Å². The first-order valence-corrected chi connectivity index (χ1v) is 15.1. The predicted octanol–water partition coefficient (Wildman–Crippen LogP) is 4.31. The molecule has 1 saturated heterocycles. The van der Waals surface area contributed by atoms with E-state index in [1.54, 1.807) is 17.0 Å². The Morgan fingerprint density at radius 1 is 1.05 bits per heavy atom. The Bertz CT molecular complexity index is 1290. The van der Waals surface area contributed by atoms with E-state index in [0.717, 1.165) is 49.5 Å². The molecular formula is C27H36N4O4S2. The molecule has 1 amide bonds. The summed E-state index contributed by atoms with van der Waals surface area (Å²) >= 11 is 1.51. The van der Waals surface area contributed by atoms with Crippen LogP contribution >= 0.6 is 11.3 Å². The van der Waals surface area contributed by atoms with Gasteiger partial charge < -0.3 is 4.74 Å². The van der Waals surface area contributed by atoms with Gasteiger partial charge in [0.2, 0.25) is 10.0 Å². The topological polar surface area (TPSA) is 83.1 Å². The van der Waals surface area contributed by atoms with Crippen LogP contribution in [0.25, 0.3) is 10.2 Å². The molecule has 1 fully saturated rings. The number of amides is 1. The van der Waals surface area contributed by atoms with E-state index >= 15 is 0 Å². The minimum atomic E-state index is -3.59. The molecule has 1 aliphatic heterocycles. The van der Waals surface area contributed by atoms with Crippen molar-refractivity contribution in [3.05, 3.63) is 53.1 Å². The summed E-state index contributed by atoms with van der Waals surface area (Å²) in [5.41, 5.74) is 3.68. The molecule has 10 heteroatoms. The Balaban J connectivity index is 1.60. The molecule has 0 saturated carbocycles. The highest BCUT2D eigenvalue weighted by Gasteiger charge is 2.25. The molecule has 8 nitrogen and oxygen atoms in total. The minimum Gasteiger partial charge on any atom is -0.379 e. The van der Waals surface area contributed by atoms with Gasteiger partial charge in [-0.25, -0.2) is 13.4 Å². The van der Waals surface area contributed by atoms with E-state index in [-0.39, 0.29) is 10.8 Å². The van der Waals surface area contributed by atoms with E-state index < -0.39 is 10.0 Å². The third-order valence-electron chi connectivity index (χ3n) is 6.87. The molecule has 0 N–H and O–H groups in total. The first kappa shape index (κ1) is 27.7. The van der Waals surface area contributed by atoms with Gasteiger partial charge in [-0.3, -0.25) is 14.6 Å². The standard InChI is InChI=1S/C27H36N4O4S2/c1-5-30(6-2)37(33,34)23-10-8-22(9-11-23)26(32)31(13-7-12-29-14-16-35-17-15-29)27-28-24-18-20(3)21(4)19-25(24)36-27/h8-11,18-19H,5-7,12-17H2,1-4H3. The van der Waals surface area contributed by atoms with Gasteiger partial charge in [0.1, 0.15) is 0 Å². The average Bonchev–Trinajstić information content (AvgIpc) is 3.30. The molecule has 2 heterocycles. The van der Waals surface area contributed by atoms with Crippen LogP contribution in [0, 0.1) is 13.8 Å². The molecule has 0 spiro atoms. The van der Waals surface area contributed by atoms with Gasteiger partial charge in [-0.1, -0.05) is 25.2 Å². The van der Waals surface area contributed by atoms with Crippen molar-refractivity contribution in [3.63, 3.8) is 0 Å². The van der Waals surface area contributed by atoms with Crippen molar-refractivity contribution in [1.29, 1.82) is 0 Å². The SMILES string of the molecule is CCN(CC)S(=O)(=O)c1ccc(C(=O)N(CCCN2CCOCC2)c2nc3cc(C)c(C)cc3s2)cc1. The first-order chi connectivity index (χ1) is 17.7. The van der Waals surface area contributed by atoms with Gasteiger partial charge in [0.05, 0.1) is 28.3 Å². The summed E-state index contributed by atoms with van der Waals surface area (Å²) in [6.45, 7) is 13.2. The van der Waals surface area contributed by atoms with Crippen molar-refractivity contribution < 1.29 is 17.9 Å². The number of fused-ring (bicyclic) bond motifs is 1. The number of morpholine rings is 1. The molecule has 3 aromatic rings. The normalized spacial score (nSPS) is 14.9. The maximum Gasteiger partial charge on any atom is 0.260 e. The fourth-order valence-corrected chi connectivity index (χ4v) is 7.01. The van der Waals surface area contributed by atoms with Crippen molar-refractivity contribution >= 4 is 42.6 Å². The highest BCUT2D eigenvalue weighted by atomic mass is 32.2. The number of sulfonamides is 1. The Labute approximate surface area is 223 Å². The number of aryl methyl sites for hydroxylation is 2. The lowest BCUT2D eigenvalue weighted by Gasteiger charge is -2.27. The number of ether oxygens (including phenoxy) is 1. The van der Waals surface area contributed by atoms with Gasteiger partial charge in [0.25, 0.3) is 5.91 Å². The lowest BCUT2D eigenvalue weighted by Crippen LogP contribution is -2.39. The lowest BCUT2D eigenvalue weighted by molar-refractivity contribution is 0.0376. The van der Waals surface area contributed by atoms with Crippen LogP contribution in [-0.4, -0.2) is 81.0 Å². The van der Waals surface area contributed by atoms with Gasteiger partial charge in [0, 0.05) is 44.8 Å². The predicted molar refractivity (Wildman–Crippen MR) is 149 cm³/mol. The summed E-state index contributed by atoms with van der Waals surface area (Å²) in [5, 5.41) is 0.659. The van der Waals surface area contributed by atoms with Gasteiger partial charge in [-0.05, 0) is 67.8 Å². The molecular weight excluding hydrogens is 508 g/mol. The summed E-state index contributed by atoms with van der Waals surface area (Å²) < 4.78 is 33.7. The number of hydrogen-bond acceptors (Lipinski definition) is 7. The maximum atomic E-state index is 13.7. The molecule has 0 bridgehead atoms. The molecule has 0 aliphatic carbocycles. The first-order valence-electron chi connectivity index (χ1n) is 12.8. The zero-order chi connectivity index (χ0) is 26.6. The molecule has 0 unspecified atom stereocenters. The molecule has 1 aromatic heterocycles. The second-order valence-corrected chi connectivity index (χ2v) is 12.2. The van der Waals surface area contributed by atoms with Crippen molar-refractivity contribution in [2.75, 3.05) is 57.4 Å². The third kappa shape index (κ3) is 6.21. The number of nitrogens with zero attached hydrogens (tertiary/aromatic N) is 4. The minimum absolute atomic E-state index is 0.179. The van der Waals surface area contributed by atoms with Crippen LogP contribution in [0.15, 0.2) is 41.3 Å². The van der Waals surface area contributed by atoms with E-state index in [2.05, 4.69) is 30.9 Å². The van der Waals surface area contributed by atoms with Crippen molar-refractivity contribution in [2.45, 2.75) is 39.0 Å². The number of rotatable bonds is 10. The number of carbonyl (C=O) groups is 1. The van der Waals surface area contributed by atoms with Gasteiger partial charge in [-0.15, -0.1) is 0 Å². The smallest absolute Gasteiger partial charge is 0.260 e. The Kier molecular flexibility index (Phi) is 8.97. The summed E-state index contributed by atoms with van der Waals surface area (Å²) in [7, 11) is -3.59. The molecule has 0 atom stereocenters. The van der Waals surface area contributed by atoms with E-state index in [0.29, 0.717) is 30.3 Å². The molecule has 200 valence electrons. The summed E-state index contributed by atoms with van der Waals surface area (Å²) in [6.07, 6.45) is 0.800. The lowest BCUT2D eigenvalue weighted by atomic mass is 10.1. The van der Waals surface area contributed by atoms with Crippen LogP contribution in [0.4, 0.5) is 5.13 Å². The highest BCUT2D eigenvalue weighted by molar-refractivity contribution is 7.89. The van der Waals surface area contributed by atoms with Crippen LogP contribution in [0.1, 0.15) is 41.8 Å². The van der Waals surface area contributed by atoms with Crippen molar-refractivity contribution in [3.8, 4) is 0 Å². The van der Waals surface area contributed by atoms with Gasteiger partial charge in [-0.2, -0.15) is 4.31 Å². The number of benzene rings is 2. The number of carbonyl (C=O) groups excluding carboxylic acids is 1. The zero-order valence-corrected chi connectivity index (χ0v) is 23.7. The van der Waals surface area contributed by atoms with E-state index in [4.69, 9.17) is 9.72 Å². The Morgan fingerprint density at radius 2 is 1.70 bits per heavy atom. The Hall–Kier alpha value is -2.37. The molecule has 37 heavy (non-hydrogen) atoms. The fraction of sp³-hybridized carbons (Fsp3) is 0.481. The maximum absolute atomic E-state index is 13.7. The molecule has 2 aromatic carbocycles. The number of hydrogen-bond donors (Lipinski definition) is 0. The summed E-state index contributed by atoms with van der Waals surface area (Å²) in [4.78, 5) is 22.8. The zero-order valence-electron chi connectivity index (χ0n) is 22.1. The van der Waals surface area contributed by atoms with Crippen LogP contribution in [0.3, 0.4) is 0 Å². The summed E-state index contributed by atoms with van der Waals surface area (Å²) in [6, 6.07) is 10.4. The molecule has 0 radical (unpaired) electrons. The fourth-order valence-electron chi connectivity index (χ4n) is 4.48. The molecule has 4 rings (SSSR count). The molecule has 1 aliphatic rings. The van der Waals surface area contributed by atoms with Gasteiger partial charge >= 0.3 is 0 Å². The number of aromatic nitrogens is 1. The third-order valence-corrected chi connectivity index (χ3v) is 9.98. The van der Waals surface area contributed by atoms with E-state index in [1.807, 2.05) is 13.8 Å². The van der Waals surface area contributed by atoms with E-state index in [1.165, 1.54) is 38.9 Å². The highest BCUT2D eigenvalue weighted by Crippen LogP contribution is 2.32. The Morgan fingerprint density at radius 3 is 2.35 bits per heavy atom.